The SMILES string of the molecule is Clc1ccc(CN(CCN2CCCC2)c2nccc(-n3cccn3)n2)cc1. The zero-order valence-electron chi connectivity index (χ0n) is 15.2. The molecule has 6 nitrogen and oxygen atoms in total. The summed E-state index contributed by atoms with van der Waals surface area (Å²) in [5, 5.41) is 5.02. The van der Waals surface area contributed by atoms with Gasteiger partial charge in [0.1, 0.15) is 0 Å². The van der Waals surface area contributed by atoms with Crippen LogP contribution < -0.4 is 4.90 Å². The van der Waals surface area contributed by atoms with Crippen molar-refractivity contribution < 1.29 is 0 Å². The third-order valence-electron chi connectivity index (χ3n) is 4.82. The monoisotopic (exact) mass is 382 g/mol. The van der Waals surface area contributed by atoms with Gasteiger partial charge in [0.25, 0.3) is 0 Å². The minimum atomic E-state index is 0.720. The zero-order valence-corrected chi connectivity index (χ0v) is 16.0. The highest BCUT2D eigenvalue weighted by Gasteiger charge is 2.16. The predicted octanol–water partition coefficient (Wildman–Crippen LogP) is 3.42. The second-order valence-corrected chi connectivity index (χ2v) is 7.20. The topological polar surface area (TPSA) is 50.1 Å². The van der Waals surface area contributed by atoms with Gasteiger partial charge in [-0.25, -0.2) is 9.67 Å². The van der Waals surface area contributed by atoms with E-state index in [4.69, 9.17) is 16.6 Å². The number of benzene rings is 1. The molecule has 2 aromatic heterocycles. The lowest BCUT2D eigenvalue weighted by atomic mass is 10.2. The molecule has 0 amide bonds. The molecule has 1 saturated heterocycles. The first-order valence-corrected chi connectivity index (χ1v) is 9.70. The van der Waals surface area contributed by atoms with E-state index in [1.165, 1.54) is 31.5 Å². The number of likely N-dealkylation sites (tertiary alicyclic amines) is 1. The van der Waals surface area contributed by atoms with Crippen LogP contribution in [0.3, 0.4) is 0 Å². The summed E-state index contributed by atoms with van der Waals surface area (Å²) in [7, 11) is 0. The molecule has 1 aliphatic heterocycles. The summed E-state index contributed by atoms with van der Waals surface area (Å²) in [6, 6.07) is 11.7. The first-order chi connectivity index (χ1) is 13.3. The molecular weight excluding hydrogens is 360 g/mol. The lowest BCUT2D eigenvalue weighted by Gasteiger charge is -2.26. The van der Waals surface area contributed by atoms with Crippen molar-refractivity contribution in [3.63, 3.8) is 0 Å². The lowest BCUT2D eigenvalue weighted by Crippen LogP contribution is -2.34. The van der Waals surface area contributed by atoms with Crippen LogP contribution in [0.1, 0.15) is 18.4 Å². The average molecular weight is 383 g/mol. The number of hydrogen-bond acceptors (Lipinski definition) is 5. The summed E-state index contributed by atoms with van der Waals surface area (Å²) in [6.07, 6.45) is 8.02. The van der Waals surface area contributed by atoms with Crippen LogP contribution in [0.2, 0.25) is 5.02 Å². The maximum absolute atomic E-state index is 6.04. The molecule has 7 heteroatoms. The molecule has 140 valence electrons. The number of halogens is 1. The van der Waals surface area contributed by atoms with Gasteiger partial charge in [0, 0.05) is 49.3 Å². The van der Waals surface area contributed by atoms with Gasteiger partial charge in [0.15, 0.2) is 5.82 Å². The van der Waals surface area contributed by atoms with Crippen LogP contribution in [0.5, 0.6) is 0 Å². The second kappa shape index (κ2) is 8.50. The molecule has 0 N–H and O–H groups in total. The molecule has 1 fully saturated rings. The second-order valence-electron chi connectivity index (χ2n) is 6.76. The van der Waals surface area contributed by atoms with E-state index in [-0.39, 0.29) is 0 Å². The first-order valence-electron chi connectivity index (χ1n) is 9.33. The smallest absolute Gasteiger partial charge is 0.227 e. The summed E-state index contributed by atoms with van der Waals surface area (Å²) < 4.78 is 1.76. The van der Waals surface area contributed by atoms with Gasteiger partial charge in [0.05, 0.1) is 0 Å². The van der Waals surface area contributed by atoms with E-state index in [1.807, 2.05) is 30.5 Å². The largest absolute Gasteiger partial charge is 0.335 e. The Labute approximate surface area is 164 Å². The molecule has 0 radical (unpaired) electrons. The number of rotatable bonds is 7. The van der Waals surface area contributed by atoms with Crippen molar-refractivity contribution in [3.8, 4) is 5.82 Å². The van der Waals surface area contributed by atoms with Gasteiger partial charge in [0.2, 0.25) is 5.95 Å². The molecule has 1 aliphatic rings. The van der Waals surface area contributed by atoms with Gasteiger partial charge >= 0.3 is 0 Å². The Bertz CT molecular complexity index is 843. The molecule has 27 heavy (non-hydrogen) atoms. The standard InChI is InChI=1S/C20H23ClN6/c21-18-6-4-17(5-7-18)16-26(15-14-25-11-1-2-12-25)20-22-10-8-19(24-20)27-13-3-9-23-27/h3-10,13H,1-2,11-12,14-16H2. The van der Waals surface area contributed by atoms with E-state index in [0.717, 1.165) is 36.4 Å². The van der Waals surface area contributed by atoms with E-state index in [9.17, 15) is 0 Å². The van der Waals surface area contributed by atoms with Crippen molar-refractivity contribution in [1.29, 1.82) is 0 Å². The molecule has 0 unspecified atom stereocenters. The number of aromatic nitrogens is 4. The minimum absolute atomic E-state index is 0.720. The maximum Gasteiger partial charge on any atom is 0.227 e. The Hall–Kier alpha value is -2.44. The molecule has 3 heterocycles. The summed E-state index contributed by atoms with van der Waals surface area (Å²) in [6.45, 7) is 5.01. The van der Waals surface area contributed by atoms with Crippen LogP contribution >= 0.6 is 11.6 Å². The summed E-state index contributed by atoms with van der Waals surface area (Å²) >= 11 is 6.04. The molecule has 0 atom stereocenters. The van der Waals surface area contributed by atoms with Crippen LogP contribution in [0.25, 0.3) is 5.82 Å². The van der Waals surface area contributed by atoms with E-state index in [1.54, 1.807) is 17.1 Å². The van der Waals surface area contributed by atoms with Crippen molar-refractivity contribution in [1.82, 2.24) is 24.6 Å². The molecule has 0 bridgehead atoms. The van der Waals surface area contributed by atoms with Gasteiger partial charge in [-0.1, -0.05) is 23.7 Å². The lowest BCUT2D eigenvalue weighted by molar-refractivity contribution is 0.343. The van der Waals surface area contributed by atoms with Crippen LogP contribution in [-0.4, -0.2) is 50.8 Å². The van der Waals surface area contributed by atoms with Gasteiger partial charge in [-0.15, -0.1) is 0 Å². The van der Waals surface area contributed by atoms with Gasteiger partial charge in [-0.2, -0.15) is 10.1 Å². The van der Waals surface area contributed by atoms with Crippen LogP contribution in [0.15, 0.2) is 55.0 Å². The van der Waals surface area contributed by atoms with Crippen LogP contribution in [0, 0.1) is 0 Å². The molecule has 0 spiro atoms. The quantitative estimate of drug-likeness (QED) is 0.626. The normalized spacial score (nSPS) is 14.6. The zero-order chi connectivity index (χ0) is 18.5. The summed E-state index contributed by atoms with van der Waals surface area (Å²) in [4.78, 5) is 14.0. The summed E-state index contributed by atoms with van der Waals surface area (Å²) in [5.74, 6) is 1.49. The van der Waals surface area contributed by atoms with Gasteiger partial charge < -0.3 is 9.80 Å². The van der Waals surface area contributed by atoms with Crippen molar-refractivity contribution in [2.45, 2.75) is 19.4 Å². The average Bonchev–Trinajstić information content (AvgIpc) is 3.41. The fraction of sp³-hybridized carbons (Fsp3) is 0.350. The number of anilines is 1. The Morgan fingerprint density at radius 1 is 1.04 bits per heavy atom. The Morgan fingerprint density at radius 3 is 2.59 bits per heavy atom. The van der Waals surface area contributed by atoms with Crippen LogP contribution in [-0.2, 0) is 6.54 Å². The van der Waals surface area contributed by atoms with Crippen molar-refractivity contribution in [2.75, 3.05) is 31.1 Å². The highest BCUT2D eigenvalue weighted by atomic mass is 35.5. The van der Waals surface area contributed by atoms with E-state index < -0.39 is 0 Å². The third-order valence-corrected chi connectivity index (χ3v) is 5.07. The highest BCUT2D eigenvalue weighted by molar-refractivity contribution is 6.30. The molecular formula is C20H23ClN6. The molecule has 3 aromatic rings. The van der Waals surface area contributed by atoms with Crippen molar-refractivity contribution >= 4 is 17.5 Å². The first kappa shape index (κ1) is 17.9. The van der Waals surface area contributed by atoms with E-state index in [2.05, 4.69) is 32.0 Å². The highest BCUT2D eigenvalue weighted by Crippen LogP contribution is 2.17. The number of nitrogens with zero attached hydrogens (tertiary/aromatic N) is 6. The Kier molecular flexibility index (Phi) is 5.65. The molecule has 0 saturated carbocycles. The number of hydrogen-bond donors (Lipinski definition) is 0. The van der Waals surface area contributed by atoms with Crippen LogP contribution in [0.4, 0.5) is 5.95 Å². The Morgan fingerprint density at radius 2 is 1.85 bits per heavy atom. The fourth-order valence-electron chi connectivity index (χ4n) is 3.35. The Balaban J connectivity index is 1.56. The minimum Gasteiger partial charge on any atom is -0.335 e. The molecule has 0 aliphatic carbocycles. The van der Waals surface area contributed by atoms with Gasteiger partial charge in [-0.05, 0) is 49.7 Å². The van der Waals surface area contributed by atoms with Crippen molar-refractivity contribution in [3.05, 3.63) is 65.6 Å². The van der Waals surface area contributed by atoms with E-state index in [0.29, 0.717) is 0 Å². The third kappa shape index (κ3) is 4.64. The van der Waals surface area contributed by atoms with Crippen molar-refractivity contribution in [2.24, 2.45) is 0 Å². The maximum atomic E-state index is 6.04. The molecule has 1 aromatic carbocycles. The van der Waals surface area contributed by atoms with Gasteiger partial charge in [-0.3, -0.25) is 0 Å². The molecule has 4 rings (SSSR count). The fourth-order valence-corrected chi connectivity index (χ4v) is 3.48. The predicted molar refractivity (Wildman–Crippen MR) is 107 cm³/mol. The van der Waals surface area contributed by atoms with E-state index >= 15 is 0 Å². The summed E-state index contributed by atoms with van der Waals surface area (Å²) in [5.41, 5.74) is 1.19.